The summed E-state index contributed by atoms with van der Waals surface area (Å²) >= 11 is 0. The summed E-state index contributed by atoms with van der Waals surface area (Å²) in [6.45, 7) is 0. The van der Waals surface area contributed by atoms with Crippen LogP contribution in [0.15, 0.2) is 17.8 Å². The lowest BCUT2D eigenvalue weighted by Gasteiger charge is -2.15. The van der Waals surface area contributed by atoms with Gasteiger partial charge in [-0.1, -0.05) is 5.57 Å². The van der Waals surface area contributed by atoms with E-state index >= 15 is 0 Å². The van der Waals surface area contributed by atoms with Gasteiger partial charge in [-0.2, -0.15) is 0 Å². The van der Waals surface area contributed by atoms with E-state index in [9.17, 15) is 0 Å². The third-order valence-electron chi connectivity index (χ3n) is 2.04. The summed E-state index contributed by atoms with van der Waals surface area (Å²) in [5.41, 5.74) is 7.84. The third-order valence-corrected chi connectivity index (χ3v) is 2.04. The molecule has 3 heteroatoms. The fourth-order valence-electron chi connectivity index (χ4n) is 1.20. The van der Waals surface area contributed by atoms with Crippen LogP contribution in [0.1, 0.15) is 25.0 Å². The number of hydrogen-bond acceptors (Lipinski definition) is 3. The second-order valence-electron chi connectivity index (χ2n) is 3.00. The first-order chi connectivity index (χ1) is 5.84. The molecule has 0 atom stereocenters. The van der Waals surface area contributed by atoms with Gasteiger partial charge in [-0.3, -0.25) is 0 Å². The van der Waals surface area contributed by atoms with E-state index in [4.69, 9.17) is 5.73 Å². The number of allylic oxidation sites excluding steroid dienone is 1. The monoisotopic (exact) mass is 161 g/mol. The fourth-order valence-corrected chi connectivity index (χ4v) is 1.20. The number of anilines is 1. The highest BCUT2D eigenvalue weighted by Gasteiger charge is 2.07. The molecule has 62 valence electrons. The van der Waals surface area contributed by atoms with Crippen LogP contribution >= 0.6 is 0 Å². The zero-order valence-electron chi connectivity index (χ0n) is 6.83. The molecule has 0 amide bonds. The fraction of sp³-hybridized carbons (Fsp3) is 0.333. The van der Waals surface area contributed by atoms with Gasteiger partial charge in [-0.15, -0.1) is 0 Å². The van der Waals surface area contributed by atoms with Crippen molar-refractivity contribution in [3.05, 3.63) is 23.5 Å². The lowest BCUT2D eigenvalue weighted by atomic mass is 9.92. The van der Waals surface area contributed by atoms with E-state index in [-0.39, 0.29) is 0 Å². The zero-order valence-corrected chi connectivity index (χ0v) is 6.83. The van der Waals surface area contributed by atoms with Crippen LogP contribution in [0.4, 0.5) is 5.95 Å². The summed E-state index contributed by atoms with van der Waals surface area (Å²) in [4.78, 5) is 7.91. The molecule has 0 bridgehead atoms. The van der Waals surface area contributed by atoms with Gasteiger partial charge in [0.05, 0.1) is 5.69 Å². The van der Waals surface area contributed by atoms with Crippen molar-refractivity contribution in [2.75, 3.05) is 5.73 Å². The van der Waals surface area contributed by atoms with Crippen LogP contribution in [0.3, 0.4) is 0 Å². The van der Waals surface area contributed by atoms with Gasteiger partial charge in [-0.25, -0.2) is 9.97 Å². The number of nitrogens with two attached hydrogens (primary N) is 1. The van der Waals surface area contributed by atoms with Gasteiger partial charge in [0.1, 0.15) is 0 Å². The predicted molar refractivity (Wildman–Crippen MR) is 48.3 cm³/mol. The third kappa shape index (κ3) is 1.44. The summed E-state index contributed by atoms with van der Waals surface area (Å²) in [6.07, 6.45) is 7.52. The lowest BCUT2D eigenvalue weighted by Crippen LogP contribution is -1.98. The van der Waals surface area contributed by atoms with Crippen molar-refractivity contribution in [3.63, 3.8) is 0 Å². The Balaban J connectivity index is 2.22. The highest BCUT2D eigenvalue weighted by Crippen LogP contribution is 2.26. The molecule has 0 unspecified atom stereocenters. The minimum absolute atomic E-state index is 0.351. The van der Waals surface area contributed by atoms with Crippen molar-refractivity contribution in [1.82, 2.24) is 9.97 Å². The maximum atomic E-state index is 5.44. The molecule has 1 saturated carbocycles. The van der Waals surface area contributed by atoms with Crippen LogP contribution in [0, 0.1) is 0 Å². The quantitative estimate of drug-likeness (QED) is 0.681. The highest BCUT2D eigenvalue weighted by atomic mass is 15.0. The molecule has 0 spiro atoms. The first-order valence-corrected chi connectivity index (χ1v) is 4.12. The molecule has 1 heterocycles. The van der Waals surface area contributed by atoms with E-state index < -0.39 is 0 Å². The molecule has 2 N–H and O–H groups in total. The molecular formula is C9H11N3. The van der Waals surface area contributed by atoms with E-state index in [1.54, 1.807) is 6.20 Å². The molecule has 0 aliphatic heterocycles. The second-order valence-corrected chi connectivity index (χ2v) is 3.00. The Morgan fingerprint density at radius 2 is 2.25 bits per heavy atom. The Bertz CT molecular complexity index is 311. The van der Waals surface area contributed by atoms with Crippen LogP contribution in [-0.2, 0) is 0 Å². The van der Waals surface area contributed by atoms with Gasteiger partial charge in [0.15, 0.2) is 0 Å². The number of hydrogen-bond donors (Lipinski definition) is 1. The van der Waals surface area contributed by atoms with Crippen LogP contribution < -0.4 is 5.73 Å². The van der Waals surface area contributed by atoms with Crippen molar-refractivity contribution in [3.8, 4) is 0 Å². The molecule has 1 aromatic heterocycles. The van der Waals surface area contributed by atoms with Gasteiger partial charge in [0, 0.05) is 6.20 Å². The SMILES string of the molecule is Nc1nccc(C=C2CCC2)n1. The van der Waals surface area contributed by atoms with Crippen LogP contribution in [0.2, 0.25) is 0 Å². The average Bonchev–Trinajstić information content (AvgIpc) is 1.97. The number of nitrogens with zero attached hydrogens (tertiary/aromatic N) is 2. The molecular weight excluding hydrogens is 150 g/mol. The molecule has 12 heavy (non-hydrogen) atoms. The van der Waals surface area contributed by atoms with Crippen LogP contribution in [0.25, 0.3) is 6.08 Å². The van der Waals surface area contributed by atoms with E-state index in [0.29, 0.717) is 5.95 Å². The smallest absolute Gasteiger partial charge is 0.220 e. The summed E-state index contributed by atoms with van der Waals surface area (Å²) in [7, 11) is 0. The lowest BCUT2D eigenvalue weighted by molar-refractivity contribution is 0.669. The van der Waals surface area contributed by atoms with Gasteiger partial charge >= 0.3 is 0 Å². The molecule has 1 aromatic rings. The Morgan fingerprint density at radius 3 is 2.83 bits per heavy atom. The van der Waals surface area contributed by atoms with Crippen molar-refractivity contribution < 1.29 is 0 Å². The number of aromatic nitrogens is 2. The summed E-state index contributed by atoms with van der Waals surface area (Å²) in [5.74, 6) is 0.351. The predicted octanol–water partition coefficient (Wildman–Crippen LogP) is 1.63. The number of rotatable bonds is 1. The topological polar surface area (TPSA) is 51.8 Å². The van der Waals surface area contributed by atoms with Gasteiger partial charge in [0.2, 0.25) is 5.95 Å². The first-order valence-electron chi connectivity index (χ1n) is 4.12. The largest absolute Gasteiger partial charge is 0.368 e. The molecule has 1 fully saturated rings. The maximum Gasteiger partial charge on any atom is 0.220 e. The van der Waals surface area contributed by atoms with Crippen LogP contribution in [-0.4, -0.2) is 9.97 Å². The summed E-state index contributed by atoms with van der Waals surface area (Å²) in [5, 5.41) is 0. The Hall–Kier alpha value is -1.38. The Labute approximate surface area is 71.3 Å². The first kappa shape index (κ1) is 7.28. The van der Waals surface area contributed by atoms with Crippen molar-refractivity contribution in [2.24, 2.45) is 0 Å². The van der Waals surface area contributed by atoms with Gasteiger partial charge in [0.25, 0.3) is 0 Å². The van der Waals surface area contributed by atoms with E-state index in [2.05, 4.69) is 16.0 Å². The standard InChI is InChI=1S/C9H11N3/c10-9-11-5-4-8(12-9)6-7-2-1-3-7/h4-6H,1-3H2,(H2,10,11,12). The molecule has 1 aliphatic rings. The van der Waals surface area contributed by atoms with Crippen molar-refractivity contribution >= 4 is 12.0 Å². The molecule has 0 radical (unpaired) electrons. The summed E-state index contributed by atoms with van der Waals surface area (Å²) < 4.78 is 0. The zero-order chi connectivity index (χ0) is 8.39. The summed E-state index contributed by atoms with van der Waals surface area (Å²) in [6, 6.07) is 1.88. The number of nitrogen functional groups attached to an aromatic ring is 1. The van der Waals surface area contributed by atoms with Gasteiger partial charge < -0.3 is 5.73 Å². The van der Waals surface area contributed by atoms with Crippen molar-refractivity contribution in [1.29, 1.82) is 0 Å². The van der Waals surface area contributed by atoms with Crippen LogP contribution in [0.5, 0.6) is 0 Å². The Morgan fingerprint density at radius 1 is 1.42 bits per heavy atom. The minimum Gasteiger partial charge on any atom is -0.368 e. The highest BCUT2D eigenvalue weighted by molar-refractivity contribution is 5.51. The molecule has 1 aliphatic carbocycles. The minimum atomic E-state index is 0.351. The Kier molecular flexibility index (Phi) is 1.78. The second kappa shape index (κ2) is 2.93. The average molecular weight is 161 g/mol. The molecule has 0 saturated heterocycles. The molecule has 2 rings (SSSR count). The normalized spacial score (nSPS) is 15.5. The molecule has 0 aromatic carbocycles. The molecule has 3 nitrogen and oxygen atoms in total. The van der Waals surface area contributed by atoms with E-state index in [0.717, 1.165) is 5.69 Å². The van der Waals surface area contributed by atoms with E-state index in [1.165, 1.54) is 24.8 Å². The van der Waals surface area contributed by atoms with Crippen molar-refractivity contribution in [2.45, 2.75) is 19.3 Å². The maximum absolute atomic E-state index is 5.44. The van der Waals surface area contributed by atoms with E-state index in [1.807, 2.05) is 6.07 Å². The van der Waals surface area contributed by atoms with Gasteiger partial charge in [-0.05, 0) is 31.4 Å².